The number of carbonyl (C=O) groups excluding carboxylic acids is 1. The van der Waals surface area contributed by atoms with Crippen molar-refractivity contribution in [1.29, 1.82) is 0 Å². The maximum atomic E-state index is 11.6. The molecule has 1 N–H and O–H groups in total. The number of rotatable bonds is 5. The van der Waals surface area contributed by atoms with Gasteiger partial charge in [-0.05, 0) is 24.1 Å². The van der Waals surface area contributed by atoms with Crippen LogP contribution in [0.4, 0.5) is 0 Å². The third kappa shape index (κ3) is 4.71. The lowest BCUT2D eigenvalue weighted by Crippen LogP contribution is -2.17. The molecule has 1 aromatic heterocycles. The fourth-order valence-electron chi connectivity index (χ4n) is 1.58. The molecular weight excluding hydrogens is 238 g/mol. The number of amides is 1. The first-order valence-electron chi connectivity index (χ1n) is 6.11. The summed E-state index contributed by atoms with van der Waals surface area (Å²) in [5.74, 6) is -0.101. The third-order valence-electron chi connectivity index (χ3n) is 2.56. The molecule has 2 aromatic rings. The summed E-state index contributed by atoms with van der Waals surface area (Å²) in [6.07, 6.45) is 4.34. The van der Waals surface area contributed by atoms with E-state index in [1.165, 1.54) is 6.21 Å². The highest BCUT2D eigenvalue weighted by molar-refractivity contribution is 5.80. The molecule has 1 aromatic carbocycles. The average molecular weight is 253 g/mol. The molecule has 1 heterocycles. The van der Waals surface area contributed by atoms with Crippen LogP contribution >= 0.6 is 0 Å². The summed E-state index contributed by atoms with van der Waals surface area (Å²) in [7, 11) is 0. The molecule has 2 rings (SSSR count). The first kappa shape index (κ1) is 13.0. The lowest BCUT2D eigenvalue weighted by Gasteiger charge is -2.00. The molecule has 0 atom stereocenters. The summed E-state index contributed by atoms with van der Waals surface area (Å²) < 4.78 is 0. The van der Waals surface area contributed by atoms with E-state index in [1.807, 2.05) is 48.5 Å². The highest BCUT2D eigenvalue weighted by Gasteiger charge is 2.00. The van der Waals surface area contributed by atoms with Crippen LogP contribution < -0.4 is 5.43 Å². The molecule has 4 heteroatoms. The minimum absolute atomic E-state index is 0.101. The van der Waals surface area contributed by atoms with Gasteiger partial charge in [-0.25, -0.2) is 5.43 Å². The van der Waals surface area contributed by atoms with Gasteiger partial charge in [0.1, 0.15) is 0 Å². The molecule has 0 saturated carbocycles. The first-order valence-corrected chi connectivity index (χ1v) is 6.11. The number of aryl methyl sites for hydroxylation is 1. The summed E-state index contributed by atoms with van der Waals surface area (Å²) in [5, 5.41) is 3.87. The number of hydrogen-bond acceptors (Lipinski definition) is 3. The van der Waals surface area contributed by atoms with E-state index in [9.17, 15) is 4.79 Å². The largest absolute Gasteiger partial charge is 0.273 e. The first-order chi connectivity index (χ1) is 9.34. The normalized spacial score (nSPS) is 10.5. The third-order valence-corrected chi connectivity index (χ3v) is 2.56. The van der Waals surface area contributed by atoms with Gasteiger partial charge in [-0.15, -0.1) is 0 Å². The van der Waals surface area contributed by atoms with Crippen molar-refractivity contribution >= 4 is 12.1 Å². The van der Waals surface area contributed by atoms with Crippen molar-refractivity contribution in [2.24, 2.45) is 5.10 Å². The van der Waals surface area contributed by atoms with Gasteiger partial charge in [0.25, 0.3) is 0 Å². The van der Waals surface area contributed by atoms with Gasteiger partial charge < -0.3 is 0 Å². The van der Waals surface area contributed by atoms with Gasteiger partial charge in [-0.2, -0.15) is 5.10 Å². The predicted molar refractivity (Wildman–Crippen MR) is 74.7 cm³/mol. The Hall–Kier alpha value is -2.49. The fraction of sp³-hybridized carbons (Fsp3) is 0.133. The number of carbonyl (C=O) groups is 1. The van der Waals surface area contributed by atoms with Crippen LogP contribution in [-0.4, -0.2) is 17.1 Å². The van der Waals surface area contributed by atoms with Crippen LogP contribution in [0.3, 0.4) is 0 Å². The zero-order valence-electron chi connectivity index (χ0n) is 10.5. The van der Waals surface area contributed by atoms with Crippen molar-refractivity contribution < 1.29 is 4.79 Å². The summed E-state index contributed by atoms with van der Waals surface area (Å²) in [4.78, 5) is 15.6. The minimum Gasteiger partial charge on any atom is -0.273 e. The van der Waals surface area contributed by atoms with E-state index < -0.39 is 0 Å². The van der Waals surface area contributed by atoms with Crippen LogP contribution in [0.15, 0.2) is 59.8 Å². The lowest BCUT2D eigenvalue weighted by atomic mass is 10.1. The zero-order valence-corrected chi connectivity index (χ0v) is 10.5. The number of benzene rings is 1. The van der Waals surface area contributed by atoms with Crippen molar-refractivity contribution in [2.45, 2.75) is 12.8 Å². The second kappa shape index (κ2) is 7.06. The van der Waals surface area contributed by atoms with Gasteiger partial charge in [0.05, 0.1) is 11.9 Å². The maximum absolute atomic E-state index is 11.6. The number of aromatic nitrogens is 1. The van der Waals surface area contributed by atoms with Crippen molar-refractivity contribution in [3.8, 4) is 0 Å². The monoisotopic (exact) mass is 253 g/mol. The van der Waals surface area contributed by atoms with Gasteiger partial charge in [0.15, 0.2) is 0 Å². The average Bonchev–Trinajstić information content (AvgIpc) is 2.47. The standard InChI is InChI=1S/C15H15N3O/c19-15(10-9-13-6-2-1-3-7-13)18-17-12-14-8-4-5-11-16-14/h1-8,11-12H,9-10H2,(H,18,19)/b17-12+. The van der Waals surface area contributed by atoms with Crippen LogP contribution in [0, 0.1) is 0 Å². The Kier molecular flexibility index (Phi) is 4.81. The van der Waals surface area contributed by atoms with Crippen LogP contribution in [-0.2, 0) is 11.2 Å². The molecule has 0 aliphatic carbocycles. The zero-order chi connectivity index (χ0) is 13.3. The number of hydrazone groups is 1. The Labute approximate surface area is 112 Å². The van der Waals surface area contributed by atoms with Crippen molar-refractivity contribution in [1.82, 2.24) is 10.4 Å². The van der Waals surface area contributed by atoms with E-state index in [1.54, 1.807) is 6.20 Å². The molecule has 1 amide bonds. The lowest BCUT2D eigenvalue weighted by molar-refractivity contribution is -0.121. The highest BCUT2D eigenvalue weighted by Crippen LogP contribution is 2.01. The Morgan fingerprint density at radius 3 is 2.68 bits per heavy atom. The number of pyridine rings is 1. The molecular formula is C15H15N3O. The molecule has 4 nitrogen and oxygen atoms in total. The van der Waals surface area contributed by atoms with Crippen LogP contribution in [0.5, 0.6) is 0 Å². The molecule has 0 aliphatic heterocycles. The Morgan fingerprint density at radius 2 is 1.95 bits per heavy atom. The number of nitrogens with zero attached hydrogens (tertiary/aromatic N) is 2. The van der Waals surface area contributed by atoms with Crippen LogP contribution in [0.25, 0.3) is 0 Å². The van der Waals surface area contributed by atoms with E-state index in [4.69, 9.17) is 0 Å². The van der Waals surface area contributed by atoms with Gasteiger partial charge in [0, 0.05) is 12.6 Å². The molecule has 0 unspecified atom stereocenters. The van der Waals surface area contributed by atoms with E-state index >= 15 is 0 Å². The molecule has 0 radical (unpaired) electrons. The maximum Gasteiger partial charge on any atom is 0.240 e. The quantitative estimate of drug-likeness (QED) is 0.655. The molecule has 19 heavy (non-hydrogen) atoms. The van der Waals surface area contributed by atoms with Gasteiger partial charge in [0.2, 0.25) is 5.91 Å². The van der Waals surface area contributed by atoms with Crippen molar-refractivity contribution in [2.75, 3.05) is 0 Å². The predicted octanol–water partition coefficient (Wildman–Crippen LogP) is 2.16. The Morgan fingerprint density at radius 1 is 1.16 bits per heavy atom. The molecule has 0 saturated heterocycles. The molecule has 0 spiro atoms. The Balaban J connectivity index is 1.75. The summed E-state index contributed by atoms with van der Waals surface area (Å²) >= 11 is 0. The molecule has 0 bridgehead atoms. The van der Waals surface area contributed by atoms with Gasteiger partial charge >= 0.3 is 0 Å². The number of hydrogen-bond donors (Lipinski definition) is 1. The molecule has 0 aliphatic rings. The second-order valence-corrected chi connectivity index (χ2v) is 4.03. The Bertz CT molecular complexity index is 538. The van der Waals surface area contributed by atoms with Crippen LogP contribution in [0.1, 0.15) is 17.7 Å². The smallest absolute Gasteiger partial charge is 0.240 e. The SMILES string of the molecule is O=C(CCc1ccccc1)N/N=C/c1ccccn1. The van der Waals surface area contributed by atoms with Crippen LogP contribution in [0.2, 0.25) is 0 Å². The number of nitrogens with one attached hydrogen (secondary N) is 1. The minimum atomic E-state index is -0.101. The topological polar surface area (TPSA) is 54.4 Å². The second-order valence-electron chi connectivity index (χ2n) is 4.03. The summed E-state index contributed by atoms with van der Waals surface area (Å²) in [6.45, 7) is 0. The molecule has 0 fully saturated rings. The van der Waals surface area contributed by atoms with Crippen molar-refractivity contribution in [3.05, 3.63) is 66.0 Å². The van der Waals surface area contributed by atoms with Crippen molar-refractivity contribution in [3.63, 3.8) is 0 Å². The van der Waals surface area contributed by atoms with Gasteiger partial charge in [-0.3, -0.25) is 9.78 Å². The van der Waals surface area contributed by atoms with E-state index in [0.29, 0.717) is 18.5 Å². The van der Waals surface area contributed by atoms with E-state index in [2.05, 4.69) is 15.5 Å². The fourth-order valence-corrected chi connectivity index (χ4v) is 1.58. The highest BCUT2D eigenvalue weighted by atomic mass is 16.2. The summed E-state index contributed by atoms with van der Waals surface area (Å²) in [5.41, 5.74) is 4.35. The van der Waals surface area contributed by atoms with Gasteiger partial charge in [-0.1, -0.05) is 36.4 Å². The van der Waals surface area contributed by atoms with E-state index in [0.717, 1.165) is 5.56 Å². The van der Waals surface area contributed by atoms with E-state index in [-0.39, 0.29) is 5.91 Å². The molecule has 96 valence electrons. The summed E-state index contributed by atoms with van der Waals surface area (Å²) in [6, 6.07) is 15.4.